The van der Waals surface area contributed by atoms with Crippen molar-refractivity contribution in [2.24, 2.45) is 0 Å². The first-order valence-corrected chi connectivity index (χ1v) is 6.82. The summed E-state index contributed by atoms with van der Waals surface area (Å²) in [5.74, 6) is -0.579. The summed E-state index contributed by atoms with van der Waals surface area (Å²) in [5, 5.41) is 2.72. The quantitative estimate of drug-likeness (QED) is 0.566. The number of aryl methyl sites for hydroxylation is 1. The van der Waals surface area contributed by atoms with Crippen LogP contribution in [0.25, 0.3) is 0 Å². The first-order valence-electron chi connectivity index (χ1n) is 6.82. The maximum atomic E-state index is 11.8. The van der Waals surface area contributed by atoms with Crippen LogP contribution >= 0.6 is 0 Å². The fourth-order valence-electron chi connectivity index (χ4n) is 1.78. The number of hydrogen-bond acceptors (Lipinski definition) is 4. The minimum absolute atomic E-state index is 0.144. The van der Waals surface area contributed by atoms with Crippen molar-refractivity contribution in [2.75, 3.05) is 25.1 Å². The number of anilines is 1. The average molecular weight is 282 g/mol. The summed E-state index contributed by atoms with van der Waals surface area (Å²) in [4.78, 5) is 26.5. The van der Waals surface area contributed by atoms with E-state index in [1.54, 1.807) is 20.0 Å². The van der Waals surface area contributed by atoms with Crippen LogP contribution in [0, 0.1) is 6.92 Å². The van der Waals surface area contributed by atoms with Gasteiger partial charge < -0.3 is 19.8 Å². The molecule has 0 radical (unpaired) electrons. The van der Waals surface area contributed by atoms with Crippen LogP contribution < -0.4 is 5.32 Å². The summed E-state index contributed by atoms with van der Waals surface area (Å²) in [6, 6.07) is 0. The van der Waals surface area contributed by atoms with Gasteiger partial charge in [0.1, 0.15) is 5.56 Å². The maximum Gasteiger partial charge on any atom is 0.342 e. The number of carbonyl (C=O) groups is 2. The van der Waals surface area contributed by atoms with Gasteiger partial charge in [-0.2, -0.15) is 0 Å². The summed E-state index contributed by atoms with van der Waals surface area (Å²) in [6.07, 6.45) is 2.60. The zero-order chi connectivity index (χ0) is 15.0. The van der Waals surface area contributed by atoms with Gasteiger partial charge in [0.25, 0.3) is 0 Å². The molecule has 0 aliphatic heterocycles. The van der Waals surface area contributed by atoms with Crippen molar-refractivity contribution in [3.05, 3.63) is 17.5 Å². The van der Waals surface area contributed by atoms with Crippen LogP contribution in [0.2, 0.25) is 0 Å². The molecule has 0 aliphatic rings. The molecule has 6 nitrogen and oxygen atoms in total. The average Bonchev–Trinajstić information content (AvgIpc) is 2.76. The number of esters is 1. The van der Waals surface area contributed by atoms with Crippen molar-refractivity contribution in [2.45, 2.75) is 33.6 Å². The van der Waals surface area contributed by atoms with Crippen molar-refractivity contribution in [3.63, 3.8) is 0 Å². The minimum Gasteiger partial charge on any atom is -0.462 e. The Kier molecular flexibility index (Phi) is 6.79. The molecule has 1 rings (SSSR count). The van der Waals surface area contributed by atoms with E-state index in [1.807, 2.05) is 6.92 Å². The summed E-state index contributed by atoms with van der Waals surface area (Å²) in [7, 11) is 0. The molecule has 0 atom stereocenters. The molecule has 1 aromatic heterocycles. The van der Waals surface area contributed by atoms with Crippen LogP contribution in [-0.2, 0) is 14.3 Å². The van der Waals surface area contributed by atoms with Gasteiger partial charge in [0.2, 0.25) is 5.91 Å². The van der Waals surface area contributed by atoms with E-state index in [2.05, 4.69) is 10.3 Å². The zero-order valence-corrected chi connectivity index (χ0v) is 12.2. The molecule has 1 aromatic rings. The Bertz CT molecular complexity index is 454. The second-order valence-corrected chi connectivity index (χ2v) is 4.27. The smallest absolute Gasteiger partial charge is 0.342 e. The molecule has 0 saturated carbocycles. The topological polar surface area (TPSA) is 80.4 Å². The maximum absolute atomic E-state index is 11.8. The molecule has 0 spiro atoms. The highest BCUT2D eigenvalue weighted by molar-refractivity contribution is 6.02. The van der Waals surface area contributed by atoms with Gasteiger partial charge >= 0.3 is 5.97 Å². The van der Waals surface area contributed by atoms with Gasteiger partial charge in [0, 0.05) is 31.5 Å². The fourth-order valence-corrected chi connectivity index (χ4v) is 1.78. The lowest BCUT2D eigenvalue weighted by Gasteiger charge is -2.07. The molecule has 0 fully saturated rings. The zero-order valence-electron chi connectivity index (χ0n) is 12.2. The number of aromatic nitrogens is 1. The molecule has 1 heterocycles. The highest BCUT2D eigenvalue weighted by Crippen LogP contribution is 2.20. The van der Waals surface area contributed by atoms with Crippen molar-refractivity contribution >= 4 is 17.6 Å². The summed E-state index contributed by atoms with van der Waals surface area (Å²) >= 11 is 0. The molecule has 0 bridgehead atoms. The van der Waals surface area contributed by atoms with E-state index in [-0.39, 0.29) is 5.91 Å². The van der Waals surface area contributed by atoms with Gasteiger partial charge in [-0.05, 0) is 27.2 Å². The second-order valence-electron chi connectivity index (χ2n) is 4.27. The number of ether oxygens (including phenoxy) is 2. The Balaban J connectivity index is 2.59. The number of nitrogens with one attached hydrogen (secondary N) is 2. The lowest BCUT2D eigenvalue weighted by atomic mass is 10.2. The van der Waals surface area contributed by atoms with Crippen LogP contribution in [0.4, 0.5) is 5.69 Å². The molecule has 0 unspecified atom stereocenters. The number of amides is 1. The Labute approximate surface area is 118 Å². The third kappa shape index (κ3) is 4.70. The number of rotatable bonds is 8. The molecular weight excluding hydrogens is 260 g/mol. The highest BCUT2D eigenvalue weighted by Gasteiger charge is 2.18. The molecular formula is C14H22N2O4. The molecule has 2 N–H and O–H groups in total. The molecule has 112 valence electrons. The third-order valence-corrected chi connectivity index (χ3v) is 2.73. The predicted octanol–water partition coefficient (Wildman–Crippen LogP) is 2.26. The van der Waals surface area contributed by atoms with Crippen LogP contribution in [0.3, 0.4) is 0 Å². The molecule has 0 aromatic carbocycles. The van der Waals surface area contributed by atoms with E-state index in [0.717, 1.165) is 0 Å². The number of aromatic amines is 1. The lowest BCUT2D eigenvalue weighted by Crippen LogP contribution is -2.15. The minimum atomic E-state index is -0.434. The summed E-state index contributed by atoms with van der Waals surface area (Å²) < 4.78 is 10.1. The Hall–Kier alpha value is -1.82. The molecule has 1 amide bonds. The monoisotopic (exact) mass is 282 g/mol. The van der Waals surface area contributed by atoms with Gasteiger partial charge in [-0.1, -0.05) is 0 Å². The predicted molar refractivity (Wildman–Crippen MR) is 75.8 cm³/mol. The van der Waals surface area contributed by atoms with Crippen molar-refractivity contribution in [1.82, 2.24) is 4.98 Å². The van der Waals surface area contributed by atoms with Crippen LogP contribution in [0.1, 0.15) is 42.7 Å². The number of H-pyrrole nitrogens is 1. The van der Waals surface area contributed by atoms with E-state index < -0.39 is 5.97 Å². The first-order chi connectivity index (χ1) is 9.60. The standard InChI is InChI=1S/C14H22N2O4/c1-4-19-8-6-7-12(17)16-11-9-15-10(3)13(11)14(18)20-5-2/h9,15H,4-8H2,1-3H3,(H,16,17). The van der Waals surface area contributed by atoms with E-state index >= 15 is 0 Å². The Morgan fingerprint density at radius 3 is 2.70 bits per heavy atom. The van der Waals surface area contributed by atoms with Crippen LogP contribution in [0.15, 0.2) is 6.20 Å². The highest BCUT2D eigenvalue weighted by atomic mass is 16.5. The molecule has 6 heteroatoms. The number of hydrogen-bond donors (Lipinski definition) is 2. The van der Waals surface area contributed by atoms with Crippen molar-refractivity contribution in [1.29, 1.82) is 0 Å². The second kappa shape index (κ2) is 8.37. The number of carbonyl (C=O) groups excluding carboxylic acids is 2. The fraction of sp³-hybridized carbons (Fsp3) is 0.571. The van der Waals surface area contributed by atoms with Gasteiger partial charge in [-0.25, -0.2) is 4.79 Å². The molecule has 0 aliphatic carbocycles. The normalized spacial score (nSPS) is 10.3. The van der Waals surface area contributed by atoms with Crippen LogP contribution in [-0.4, -0.2) is 36.7 Å². The first kappa shape index (κ1) is 16.2. The van der Waals surface area contributed by atoms with E-state index in [1.165, 1.54) is 0 Å². The van der Waals surface area contributed by atoms with Gasteiger partial charge in [-0.15, -0.1) is 0 Å². The summed E-state index contributed by atoms with van der Waals surface area (Å²) in [5.41, 5.74) is 1.51. The van der Waals surface area contributed by atoms with E-state index in [4.69, 9.17) is 9.47 Å². The van der Waals surface area contributed by atoms with Gasteiger partial charge in [0.05, 0.1) is 12.3 Å². The summed E-state index contributed by atoms with van der Waals surface area (Å²) in [6.45, 7) is 6.91. The third-order valence-electron chi connectivity index (χ3n) is 2.73. The lowest BCUT2D eigenvalue weighted by molar-refractivity contribution is -0.116. The Morgan fingerprint density at radius 1 is 1.30 bits per heavy atom. The Morgan fingerprint density at radius 2 is 2.05 bits per heavy atom. The van der Waals surface area contributed by atoms with Crippen LogP contribution in [0.5, 0.6) is 0 Å². The van der Waals surface area contributed by atoms with E-state index in [0.29, 0.717) is 49.6 Å². The van der Waals surface area contributed by atoms with Gasteiger partial charge in [0.15, 0.2) is 0 Å². The van der Waals surface area contributed by atoms with Crippen molar-refractivity contribution in [3.8, 4) is 0 Å². The molecule has 0 saturated heterocycles. The van der Waals surface area contributed by atoms with Crippen molar-refractivity contribution < 1.29 is 19.1 Å². The SMILES string of the molecule is CCOCCCC(=O)Nc1c[nH]c(C)c1C(=O)OCC. The van der Waals surface area contributed by atoms with Gasteiger partial charge in [-0.3, -0.25) is 4.79 Å². The van der Waals surface area contributed by atoms with E-state index in [9.17, 15) is 9.59 Å². The molecule has 20 heavy (non-hydrogen) atoms. The largest absolute Gasteiger partial charge is 0.462 e.